The van der Waals surface area contributed by atoms with Crippen molar-refractivity contribution in [2.24, 2.45) is 0 Å². The third kappa shape index (κ3) is 5.09. The molecule has 0 radical (unpaired) electrons. The number of anilines is 3. The molecule has 2 aromatic carbocycles. The van der Waals surface area contributed by atoms with Crippen molar-refractivity contribution in [2.45, 2.75) is 19.4 Å². The van der Waals surface area contributed by atoms with E-state index in [1.807, 2.05) is 0 Å². The molecule has 0 saturated heterocycles. The molecule has 8 nitrogen and oxygen atoms in total. The van der Waals surface area contributed by atoms with Crippen LogP contribution in [0.3, 0.4) is 0 Å². The summed E-state index contributed by atoms with van der Waals surface area (Å²) in [4.78, 5) is 51.9. The molecule has 168 valence electrons. The zero-order valence-electron chi connectivity index (χ0n) is 17.7. The molecule has 1 aromatic heterocycles. The molecule has 33 heavy (non-hydrogen) atoms. The molecule has 2 heterocycles. The van der Waals surface area contributed by atoms with Crippen molar-refractivity contribution in [3.8, 4) is 0 Å². The zero-order chi connectivity index (χ0) is 23.4. The molecule has 1 aliphatic rings. The van der Waals surface area contributed by atoms with Gasteiger partial charge in [-0.25, -0.2) is 4.79 Å². The van der Waals surface area contributed by atoms with Gasteiger partial charge in [0.1, 0.15) is 0 Å². The summed E-state index contributed by atoms with van der Waals surface area (Å²) in [5, 5.41) is 7.32. The van der Waals surface area contributed by atoms with E-state index in [-0.39, 0.29) is 23.8 Å². The minimum atomic E-state index is -0.694. The number of esters is 1. The maximum absolute atomic E-state index is 13.0. The number of fused-ring (bicyclic) bond motifs is 1. The molecule has 0 aliphatic carbocycles. The Morgan fingerprint density at radius 2 is 1.94 bits per heavy atom. The molecular weight excluding hydrogens is 442 g/mol. The zero-order valence-corrected chi connectivity index (χ0v) is 18.6. The maximum Gasteiger partial charge on any atom is 0.338 e. The van der Waals surface area contributed by atoms with Crippen LogP contribution in [0.15, 0.2) is 66.0 Å². The van der Waals surface area contributed by atoms with Crippen LogP contribution in [0.5, 0.6) is 0 Å². The first-order chi connectivity index (χ1) is 15.9. The molecule has 1 unspecified atom stereocenters. The van der Waals surface area contributed by atoms with Gasteiger partial charge >= 0.3 is 5.97 Å². The minimum absolute atomic E-state index is 0.125. The molecule has 1 atom stereocenters. The summed E-state index contributed by atoms with van der Waals surface area (Å²) in [6.45, 7) is 1.28. The lowest BCUT2D eigenvalue weighted by molar-refractivity contribution is -0.122. The molecule has 0 spiro atoms. The number of amides is 3. The molecule has 0 fully saturated rings. The van der Waals surface area contributed by atoms with Crippen molar-refractivity contribution >= 4 is 52.1 Å². The van der Waals surface area contributed by atoms with Crippen LogP contribution < -0.4 is 15.5 Å². The van der Waals surface area contributed by atoms with Gasteiger partial charge in [-0.2, -0.15) is 0 Å². The molecule has 0 saturated carbocycles. The van der Waals surface area contributed by atoms with Gasteiger partial charge in [-0.05, 0) is 48.7 Å². The van der Waals surface area contributed by atoms with Gasteiger partial charge in [0.2, 0.25) is 5.91 Å². The first-order valence-corrected chi connectivity index (χ1v) is 11.1. The number of hydrogen-bond donors (Lipinski definition) is 2. The second-order valence-electron chi connectivity index (χ2n) is 7.47. The predicted octanol–water partition coefficient (Wildman–Crippen LogP) is 3.92. The Kier molecular flexibility index (Phi) is 6.50. The molecule has 3 amide bonds. The number of thiophene rings is 1. The van der Waals surface area contributed by atoms with Gasteiger partial charge in [0.05, 0.1) is 21.8 Å². The monoisotopic (exact) mass is 463 g/mol. The van der Waals surface area contributed by atoms with Crippen molar-refractivity contribution in [2.75, 3.05) is 22.1 Å². The number of rotatable bonds is 5. The lowest BCUT2D eigenvalue weighted by Crippen LogP contribution is -2.41. The summed E-state index contributed by atoms with van der Waals surface area (Å²) < 4.78 is 5.26. The largest absolute Gasteiger partial charge is 0.452 e. The van der Waals surface area contributed by atoms with E-state index in [2.05, 4.69) is 10.6 Å². The van der Waals surface area contributed by atoms with E-state index in [1.165, 1.54) is 22.3 Å². The van der Waals surface area contributed by atoms with E-state index in [1.54, 1.807) is 66.9 Å². The Hall–Kier alpha value is -3.98. The maximum atomic E-state index is 13.0. The van der Waals surface area contributed by atoms with E-state index in [0.717, 1.165) is 0 Å². The van der Waals surface area contributed by atoms with Crippen LogP contribution in [-0.4, -0.2) is 36.3 Å². The van der Waals surface area contributed by atoms with E-state index in [9.17, 15) is 19.2 Å². The van der Waals surface area contributed by atoms with Crippen molar-refractivity contribution in [1.29, 1.82) is 0 Å². The predicted molar refractivity (Wildman–Crippen MR) is 126 cm³/mol. The molecular formula is C24H21N3O5S. The van der Waals surface area contributed by atoms with E-state index >= 15 is 0 Å². The smallest absolute Gasteiger partial charge is 0.338 e. The van der Waals surface area contributed by atoms with Crippen LogP contribution in [0.25, 0.3) is 0 Å². The number of benzene rings is 2. The van der Waals surface area contributed by atoms with Crippen molar-refractivity contribution in [3.05, 3.63) is 76.5 Å². The van der Waals surface area contributed by atoms with Crippen molar-refractivity contribution < 1.29 is 23.9 Å². The van der Waals surface area contributed by atoms with Crippen LogP contribution in [0.1, 0.15) is 33.4 Å². The van der Waals surface area contributed by atoms with Gasteiger partial charge in [0.15, 0.2) is 6.61 Å². The number of carbonyl (C=O) groups is 4. The van der Waals surface area contributed by atoms with Crippen molar-refractivity contribution in [3.63, 3.8) is 0 Å². The summed E-state index contributed by atoms with van der Waals surface area (Å²) >= 11 is 1.31. The van der Waals surface area contributed by atoms with Crippen LogP contribution in [0.4, 0.5) is 17.1 Å². The SMILES string of the molecule is CC1CC(=O)Nc2ccccc2N1C(=O)COC(=O)c1cccc(NC(=O)c2cccs2)c1. The minimum Gasteiger partial charge on any atom is -0.452 e. The van der Waals surface area contributed by atoms with Crippen molar-refractivity contribution in [1.82, 2.24) is 0 Å². The molecule has 1 aliphatic heterocycles. The Balaban J connectivity index is 1.43. The van der Waals surface area contributed by atoms with Gasteiger partial charge in [-0.1, -0.05) is 24.3 Å². The molecule has 3 aromatic rings. The number of ether oxygens (including phenoxy) is 1. The van der Waals surface area contributed by atoms with Crippen LogP contribution in [0.2, 0.25) is 0 Å². The number of para-hydroxylation sites is 2. The normalized spacial score (nSPS) is 15.1. The van der Waals surface area contributed by atoms with Gasteiger partial charge in [-0.15, -0.1) is 11.3 Å². The third-order valence-corrected chi connectivity index (χ3v) is 5.92. The topological polar surface area (TPSA) is 105 Å². The van der Waals surface area contributed by atoms with Gasteiger partial charge < -0.3 is 20.3 Å². The lowest BCUT2D eigenvalue weighted by atomic mass is 10.1. The standard InChI is InChI=1S/C24H21N3O5S/c1-15-12-21(28)26-18-8-2-3-9-19(18)27(15)22(29)14-32-24(31)16-6-4-7-17(13-16)25-23(30)20-10-5-11-33-20/h2-11,13,15H,12,14H2,1H3,(H,25,30)(H,26,28). The van der Waals surface area contributed by atoms with Gasteiger partial charge in [0, 0.05) is 18.2 Å². The molecule has 9 heteroatoms. The van der Waals surface area contributed by atoms with E-state index in [4.69, 9.17) is 4.74 Å². The van der Waals surface area contributed by atoms with E-state index < -0.39 is 24.5 Å². The Bertz CT molecular complexity index is 1210. The van der Waals surface area contributed by atoms with Gasteiger partial charge in [-0.3, -0.25) is 14.4 Å². The Labute approximate surface area is 194 Å². The first kappa shape index (κ1) is 22.2. The highest BCUT2D eigenvalue weighted by molar-refractivity contribution is 7.12. The Morgan fingerprint density at radius 3 is 2.73 bits per heavy atom. The fourth-order valence-electron chi connectivity index (χ4n) is 3.57. The fraction of sp³-hybridized carbons (Fsp3) is 0.167. The highest BCUT2D eigenvalue weighted by Gasteiger charge is 2.30. The molecule has 2 N–H and O–H groups in total. The summed E-state index contributed by atoms with van der Waals surface area (Å²) in [7, 11) is 0. The quantitative estimate of drug-likeness (QED) is 0.558. The molecule has 0 bridgehead atoms. The summed E-state index contributed by atoms with van der Waals surface area (Å²) in [5.41, 5.74) is 1.72. The van der Waals surface area contributed by atoms with Crippen LogP contribution >= 0.6 is 11.3 Å². The summed E-state index contributed by atoms with van der Waals surface area (Å²) in [5.74, 6) is -1.60. The fourth-order valence-corrected chi connectivity index (χ4v) is 4.19. The number of carbonyl (C=O) groups excluding carboxylic acids is 4. The average Bonchev–Trinajstić information content (AvgIpc) is 3.30. The van der Waals surface area contributed by atoms with Crippen LogP contribution in [0, 0.1) is 0 Å². The Morgan fingerprint density at radius 1 is 1.12 bits per heavy atom. The lowest BCUT2D eigenvalue weighted by Gasteiger charge is -2.27. The second kappa shape index (κ2) is 9.66. The van der Waals surface area contributed by atoms with Gasteiger partial charge in [0.25, 0.3) is 11.8 Å². The number of nitrogens with zero attached hydrogens (tertiary/aromatic N) is 1. The highest BCUT2D eigenvalue weighted by Crippen LogP contribution is 2.31. The average molecular weight is 464 g/mol. The second-order valence-corrected chi connectivity index (χ2v) is 8.42. The summed E-state index contributed by atoms with van der Waals surface area (Å²) in [6.07, 6.45) is 0.125. The van der Waals surface area contributed by atoms with E-state index in [0.29, 0.717) is 21.9 Å². The first-order valence-electron chi connectivity index (χ1n) is 10.3. The summed E-state index contributed by atoms with van der Waals surface area (Å²) in [6, 6.07) is 16.4. The van der Waals surface area contributed by atoms with Crippen LogP contribution in [-0.2, 0) is 14.3 Å². The number of nitrogens with one attached hydrogen (secondary N) is 2. The third-order valence-electron chi connectivity index (χ3n) is 5.06. The highest BCUT2D eigenvalue weighted by atomic mass is 32.1. The number of hydrogen-bond acceptors (Lipinski definition) is 6. The molecule has 4 rings (SSSR count).